The van der Waals surface area contributed by atoms with E-state index in [1.165, 1.54) is 24.6 Å². The fraction of sp³-hybridized carbons (Fsp3) is 0.455. The van der Waals surface area contributed by atoms with Gasteiger partial charge in [-0.25, -0.2) is 0 Å². The molecular formula is C11H14ClN3S. The molecule has 0 amide bonds. The number of aromatic nitrogens is 2. The zero-order valence-corrected chi connectivity index (χ0v) is 10.7. The van der Waals surface area contributed by atoms with Crippen molar-refractivity contribution in [3.05, 3.63) is 17.2 Å². The van der Waals surface area contributed by atoms with Crippen LogP contribution in [0.4, 0.5) is 5.69 Å². The van der Waals surface area contributed by atoms with E-state index in [4.69, 9.17) is 11.6 Å². The Labute approximate surface area is 104 Å². The van der Waals surface area contributed by atoms with Crippen LogP contribution in [0.3, 0.4) is 0 Å². The molecule has 0 saturated heterocycles. The van der Waals surface area contributed by atoms with E-state index in [9.17, 15) is 0 Å². The van der Waals surface area contributed by atoms with Crippen molar-refractivity contribution in [1.29, 1.82) is 0 Å². The lowest BCUT2D eigenvalue weighted by Gasteiger charge is -2.07. The number of fused-ring (bicyclic) bond motifs is 1. The van der Waals surface area contributed by atoms with Crippen LogP contribution in [0.5, 0.6) is 0 Å². The third-order valence-corrected chi connectivity index (χ3v) is 3.32. The average Bonchev–Trinajstić information content (AvgIpc) is 2.75. The third-order valence-electron chi connectivity index (χ3n) is 2.46. The van der Waals surface area contributed by atoms with Crippen molar-refractivity contribution < 1.29 is 0 Å². The summed E-state index contributed by atoms with van der Waals surface area (Å²) in [5, 5.41) is 4.07. The molecule has 0 atom stereocenters. The van der Waals surface area contributed by atoms with Crippen LogP contribution >= 0.6 is 23.3 Å². The molecule has 3 nitrogen and oxygen atoms in total. The highest BCUT2D eigenvalue weighted by Gasteiger charge is 2.08. The largest absolute Gasteiger partial charge is 0.382 e. The first kappa shape index (κ1) is 11.6. The normalized spacial score (nSPS) is 10.9. The molecule has 0 bridgehead atoms. The maximum absolute atomic E-state index is 6.15. The number of nitrogens with zero attached hydrogens (tertiary/aromatic N) is 2. The van der Waals surface area contributed by atoms with Gasteiger partial charge in [0.05, 0.1) is 22.4 Å². The van der Waals surface area contributed by atoms with E-state index in [-0.39, 0.29) is 0 Å². The standard InChI is InChI=1S/C11H14ClN3S/c1-2-3-4-7-13-10-8(12)5-6-9-11(10)15-16-14-9/h5-6,13H,2-4,7H2,1H3. The minimum atomic E-state index is 0.719. The summed E-state index contributed by atoms with van der Waals surface area (Å²) in [5.74, 6) is 0. The Bertz CT molecular complexity index is 469. The molecule has 0 fully saturated rings. The zero-order valence-electron chi connectivity index (χ0n) is 9.16. The van der Waals surface area contributed by atoms with Gasteiger partial charge in [0.2, 0.25) is 0 Å². The van der Waals surface area contributed by atoms with E-state index in [0.717, 1.165) is 34.7 Å². The Balaban J connectivity index is 2.15. The molecule has 0 aliphatic rings. The lowest BCUT2D eigenvalue weighted by Crippen LogP contribution is -2.02. The van der Waals surface area contributed by atoms with E-state index in [2.05, 4.69) is 21.0 Å². The molecule has 0 spiro atoms. The van der Waals surface area contributed by atoms with Crippen LogP contribution in [0.15, 0.2) is 12.1 Å². The van der Waals surface area contributed by atoms with Gasteiger partial charge < -0.3 is 5.32 Å². The van der Waals surface area contributed by atoms with Crippen molar-refractivity contribution in [2.24, 2.45) is 0 Å². The minimum absolute atomic E-state index is 0.719. The van der Waals surface area contributed by atoms with Crippen molar-refractivity contribution in [2.75, 3.05) is 11.9 Å². The van der Waals surface area contributed by atoms with Crippen molar-refractivity contribution in [1.82, 2.24) is 8.75 Å². The summed E-state index contributed by atoms with van der Waals surface area (Å²) in [6.45, 7) is 3.13. The maximum Gasteiger partial charge on any atom is 0.129 e. The Hall–Kier alpha value is -0.870. The molecule has 1 aromatic carbocycles. The zero-order chi connectivity index (χ0) is 11.4. The van der Waals surface area contributed by atoms with Crippen molar-refractivity contribution in [3.63, 3.8) is 0 Å². The van der Waals surface area contributed by atoms with E-state index in [0.29, 0.717) is 0 Å². The predicted octanol–water partition coefficient (Wildman–Crippen LogP) is 3.95. The monoisotopic (exact) mass is 255 g/mol. The topological polar surface area (TPSA) is 37.8 Å². The molecule has 1 aromatic heterocycles. The average molecular weight is 256 g/mol. The number of benzene rings is 1. The number of unbranched alkanes of at least 4 members (excludes halogenated alkanes) is 2. The van der Waals surface area contributed by atoms with Gasteiger partial charge in [-0.2, -0.15) is 8.75 Å². The molecule has 0 unspecified atom stereocenters. The highest BCUT2D eigenvalue weighted by atomic mass is 35.5. The highest BCUT2D eigenvalue weighted by molar-refractivity contribution is 7.00. The van der Waals surface area contributed by atoms with Crippen LogP contribution in [0.25, 0.3) is 11.0 Å². The minimum Gasteiger partial charge on any atom is -0.382 e. The van der Waals surface area contributed by atoms with E-state index in [1.54, 1.807) is 0 Å². The van der Waals surface area contributed by atoms with E-state index < -0.39 is 0 Å². The molecule has 1 N–H and O–H groups in total. The van der Waals surface area contributed by atoms with Crippen molar-refractivity contribution in [2.45, 2.75) is 26.2 Å². The van der Waals surface area contributed by atoms with Crippen LogP contribution < -0.4 is 5.32 Å². The number of halogens is 1. The first-order valence-corrected chi connectivity index (χ1v) is 6.58. The molecule has 1 heterocycles. The summed E-state index contributed by atoms with van der Waals surface area (Å²) in [7, 11) is 0. The highest BCUT2D eigenvalue weighted by Crippen LogP contribution is 2.29. The molecule has 0 aliphatic heterocycles. The summed E-state index contributed by atoms with van der Waals surface area (Å²) in [5.41, 5.74) is 2.71. The van der Waals surface area contributed by atoms with Gasteiger partial charge in [0.25, 0.3) is 0 Å². The first-order valence-electron chi connectivity index (χ1n) is 5.47. The summed E-state index contributed by atoms with van der Waals surface area (Å²) in [6, 6.07) is 3.77. The van der Waals surface area contributed by atoms with Gasteiger partial charge in [-0.1, -0.05) is 31.4 Å². The third kappa shape index (κ3) is 2.44. The van der Waals surface area contributed by atoms with Gasteiger partial charge in [-0.15, -0.1) is 0 Å². The number of hydrogen-bond acceptors (Lipinski definition) is 4. The molecule has 0 radical (unpaired) electrons. The lowest BCUT2D eigenvalue weighted by atomic mass is 10.2. The van der Waals surface area contributed by atoms with Crippen molar-refractivity contribution in [3.8, 4) is 0 Å². The SMILES string of the molecule is CCCCCNc1c(Cl)ccc2nsnc12. The quantitative estimate of drug-likeness (QED) is 0.823. The second kappa shape index (κ2) is 5.46. The van der Waals surface area contributed by atoms with Gasteiger partial charge >= 0.3 is 0 Å². The molecule has 16 heavy (non-hydrogen) atoms. The van der Waals surface area contributed by atoms with Crippen LogP contribution in [0, 0.1) is 0 Å². The van der Waals surface area contributed by atoms with Gasteiger partial charge in [0.15, 0.2) is 0 Å². The second-order valence-electron chi connectivity index (χ2n) is 3.69. The molecule has 2 aromatic rings. The van der Waals surface area contributed by atoms with Crippen LogP contribution in [0.1, 0.15) is 26.2 Å². The lowest BCUT2D eigenvalue weighted by molar-refractivity contribution is 0.744. The number of nitrogens with one attached hydrogen (secondary N) is 1. The van der Waals surface area contributed by atoms with Crippen LogP contribution in [-0.2, 0) is 0 Å². The Morgan fingerprint density at radius 3 is 3.00 bits per heavy atom. The smallest absolute Gasteiger partial charge is 0.129 e. The van der Waals surface area contributed by atoms with Gasteiger partial charge in [0, 0.05) is 6.54 Å². The number of hydrogen-bond donors (Lipinski definition) is 1. The Morgan fingerprint density at radius 1 is 1.31 bits per heavy atom. The van der Waals surface area contributed by atoms with Gasteiger partial charge in [-0.05, 0) is 18.6 Å². The van der Waals surface area contributed by atoms with E-state index in [1.807, 2.05) is 12.1 Å². The fourth-order valence-corrected chi connectivity index (χ4v) is 2.35. The molecule has 2 rings (SSSR count). The fourth-order valence-electron chi connectivity index (χ4n) is 1.58. The molecule has 5 heteroatoms. The van der Waals surface area contributed by atoms with Gasteiger partial charge in [-0.3, -0.25) is 0 Å². The van der Waals surface area contributed by atoms with E-state index >= 15 is 0 Å². The van der Waals surface area contributed by atoms with Crippen LogP contribution in [-0.4, -0.2) is 15.3 Å². The molecular weight excluding hydrogens is 242 g/mol. The Morgan fingerprint density at radius 2 is 2.19 bits per heavy atom. The van der Waals surface area contributed by atoms with Gasteiger partial charge in [0.1, 0.15) is 11.0 Å². The summed E-state index contributed by atoms with van der Waals surface area (Å²) >= 11 is 7.37. The maximum atomic E-state index is 6.15. The predicted molar refractivity (Wildman–Crippen MR) is 70.4 cm³/mol. The summed E-state index contributed by atoms with van der Waals surface area (Å²) in [4.78, 5) is 0. The molecule has 86 valence electrons. The van der Waals surface area contributed by atoms with Crippen LogP contribution in [0.2, 0.25) is 5.02 Å². The number of anilines is 1. The first-order chi connectivity index (χ1) is 7.83. The molecule has 0 saturated carbocycles. The molecule has 0 aliphatic carbocycles. The number of rotatable bonds is 5. The van der Waals surface area contributed by atoms with Crippen molar-refractivity contribution >= 4 is 40.0 Å². The second-order valence-corrected chi connectivity index (χ2v) is 4.62. The summed E-state index contributed by atoms with van der Waals surface area (Å²) < 4.78 is 8.46. The summed E-state index contributed by atoms with van der Waals surface area (Å²) in [6.07, 6.45) is 3.61. The Kier molecular flexibility index (Phi) is 3.96.